The van der Waals surface area contributed by atoms with Crippen molar-refractivity contribution in [3.63, 3.8) is 0 Å². The van der Waals surface area contributed by atoms with E-state index in [1.807, 2.05) is 0 Å². The van der Waals surface area contributed by atoms with Gasteiger partial charge >= 0.3 is 0 Å². The Hall–Kier alpha value is -2.85. The Morgan fingerprint density at radius 2 is 1.67 bits per heavy atom. The molecule has 0 aromatic heterocycles. The maximum absolute atomic E-state index is 12.6. The van der Waals surface area contributed by atoms with Crippen LogP contribution in [0.5, 0.6) is 11.5 Å². The Morgan fingerprint density at radius 3 is 2.39 bits per heavy atom. The highest BCUT2D eigenvalue weighted by atomic mass is 19.1. The van der Waals surface area contributed by atoms with Crippen LogP contribution in [0.15, 0.2) is 72.8 Å². The van der Waals surface area contributed by atoms with Crippen LogP contribution in [0.2, 0.25) is 0 Å². The monoisotopic (exact) mass is 445 g/mol. The molecule has 2 unspecified atom stereocenters. The Labute approximate surface area is 196 Å². The minimum Gasteiger partial charge on any atom is -0.497 e. The van der Waals surface area contributed by atoms with E-state index in [9.17, 15) is 4.39 Å². The van der Waals surface area contributed by atoms with Crippen molar-refractivity contribution < 1.29 is 13.9 Å². The number of nitrogens with zero attached hydrogens (tertiary/aromatic N) is 1. The van der Waals surface area contributed by atoms with Gasteiger partial charge in [-0.05, 0) is 65.3 Å². The number of ether oxygens (including phenoxy) is 2. The fourth-order valence-electron chi connectivity index (χ4n) is 5.42. The molecular weight excluding hydrogens is 413 g/mol. The van der Waals surface area contributed by atoms with Gasteiger partial charge in [-0.3, -0.25) is 9.29 Å². The number of fused-ring (bicyclic) bond motifs is 1. The minimum atomic E-state index is -0.208. The zero-order valence-electron chi connectivity index (χ0n) is 19.3. The molecule has 0 radical (unpaired) electrons. The van der Waals surface area contributed by atoms with Crippen molar-refractivity contribution in [3.8, 4) is 11.5 Å². The number of rotatable bonds is 8. The van der Waals surface area contributed by atoms with Gasteiger partial charge in [0, 0.05) is 31.5 Å². The Bertz CT molecular complexity index is 1050. The lowest BCUT2D eigenvalue weighted by molar-refractivity contribution is 0.0668. The van der Waals surface area contributed by atoms with E-state index in [4.69, 9.17) is 9.47 Å². The first-order valence-electron chi connectivity index (χ1n) is 12.0. The number of likely N-dealkylation sites (tertiary alicyclic amines) is 1. The molecule has 1 aliphatic carbocycles. The Balaban J connectivity index is 1.34. The Morgan fingerprint density at radius 1 is 0.909 bits per heavy atom. The molecule has 1 fully saturated rings. The number of hydrogen-bond donors (Lipinski definition) is 0. The normalized spacial score (nSPS) is 20.7. The predicted octanol–water partition coefficient (Wildman–Crippen LogP) is 5.84. The minimum absolute atomic E-state index is 0.208. The molecule has 0 spiro atoms. The fraction of sp³-hybridized carbons (Fsp3) is 0.379. The van der Waals surface area contributed by atoms with Crippen molar-refractivity contribution in [3.05, 3.63) is 95.1 Å². The molecule has 5 rings (SSSR count). The molecule has 172 valence electrons. The van der Waals surface area contributed by atoms with Crippen molar-refractivity contribution >= 4 is 0 Å². The summed E-state index contributed by atoms with van der Waals surface area (Å²) in [7, 11) is 1.73. The van der Waals surface area contributed by atoms with E-state index in [2.05, 4.69) is 77.7 Å². The van der Waals surface area contributed by atoms with Gasteiger partial charge in [0.05, 0.1) is 13.8 Å². The molecule has 1 aliphatic heterocycles. The van der Waals surface area contributed by atoms with Gasteiger partial charge in [-0.15, -0.1) is 0 Å². The standard InChI is InChI=1S/C29H32FNO2/c1-32-26-12-14-28-24(17-26)9-13-27(22-5-3-2-4-6-22)29(28)23-7-10-25(11-8-23)33-16-15-31-19-21(18-30)20-31/h2-8,10-12,14,17,21,27,29H,9,13,15-16,18-20H2,1H3. The third-order valence-electron chi connectivity index (χ3n) is 7.21. The third kappa shape index (κ3) is 4.77. The summed E-state index contributed by atoms with van der Waals surface area (Å²) in [5.74, 6) is 2.78. The number of hydrogen-bond acceptors (Lipinski definition) is 3. The number of aryl methyl sites for hydroxylation is 1. The zero-order chi connectivity index (χ0) is 22.6. The second-order valence-corrected chi connectivity index (χ2v) is 9.30. The average molecular weight is 446 g/mol. The molecule has 0 saturated carbocycles. The van der Waals surface area contributed by atoms with E-state index in [0.717, 1.165) is 44.0 Å². The average Bonchev–Trinajstić information content (AvgIpc) is 2.85. The zero-order valence-corrected chi connectivity index (χ0v) is 19.3. The van der Waals surface area contributed by atoms with Gasteiger partial charge in [0.15, 0.2) is 0 Å². The van der Waals surface area contributed by atoms with Crippen molar-refractivity contribution in [2.24, 2.45) is 5.92 Å². The molecule has 1 heterocycles. The largest absolute Gasteiger partial charge is 0.497 e. The number of benzene rings is 3. The topological polar surface area (TPSA) is 21.7 Å². The van der Waals surface area contributed by atoms with E-state index < -0.39 is 0 Å². The van der Waals surface area contributed by atoms with Crippen LogP contribution < -0.4 is 9.47 Å². The second kappa shape index (κ2) is 9.96. The van der Waals surface area contributed by atoms with Crippen LogP contribution in [-0.4, -0.2) is 44.9 Å². The highest BCUT2D eigenvalue weighted by molar-refractivity contribution is 5.48. The first kappa shape index (κ1) is 22.0. The summed E-state index contributed by atoms with van der Waals surface area (Å²) >= 11 is 0. The fourth-order valence-corrected chi connectivity index (χ4v) is 5.42. The van der Waals surface area contributed by atoms with E-state index in [0.29, 0.717) is 18.4 Å². The summed E-state index contributed by atoms with van der Waals surface area (Å²) in [4.78, 5) is 2.25. The first-order valence-corrected chi connectivity index (χ1v) is 12.0. The molecule has 33 heavy (non-hydrogen) atoms. The SMILES string of the molecule is COc1ccc2c(c1)CCC(c1ccccc1)C2c1ccc(OCCN2CC(CF)C2)cc1. The predicted molar refractivity (Wildman–Crippen MR) is 130 cm³/mol. The Kier molecular flexibility index (Phi) is 6.63. The number of methoxy groups -OCH3 is 1. The van der Waals surface area contributed by atoms with Gasteiger partial charge in [-0.2, -0.15) is 0 Å². The van der Waals surface area contributed by atoms with E-state index >= 15 is 0 Å². The number of alkyl halides is 1. The summed E-state index contributed by atoms with van der Waals surface area (Å²) in [6.07, 6.45) is 2.17. The molecule has 4 heteroatoms. The van der Waals surface area contributed by atoms with Crippen molar-refractivity contribution in [2.45, 2.75) is 24.7 Å². The van der Waals surface area contributed by atoms with Crippen LogP contribution in [0.4, 0.5) is 4.39 Å². The number of halogens is 1. The van der Waals surface area contributed by atoms with Crippen molar-refractivity contribution in [2.75, 3.05) is 40.0 Å². The molecule has 2 aliphatic rings. The highest BCUT2D eigenvalue weighted by Gasteiger charge is 2.32. The van der Waals surface area contributed by atoms with Crippen molar-refractivity contribution in [1.29, 1.82) is 0 Å². The van der Waals surface area contributed by atoms with Gasteiger partial charge < -0.3 is 9.47 Å². The molecule has 0 amide bonds. The third-order valence-corrected chi connectivity index (χ3v) is 7.21. The van der Waals surface area contributed by atoms with Gasteiger partial charge in [-0.25, -0.2) is 0 Å². The van der Waals surface area contributed by atoms with Gasteiger partial charge in [0.25, 0.3) is 0 Å². The second-order valence-electron chi connectivity index (χ2n) is 9.30. The smallest absolute Gasteiger partial charge is 0.119 e. The first-order chi connectivity index (χ1) is 16.2. The highest BCUT2D eigenvalue weighted by Crippen LogP contribution is 2.47. The molecule has 1 saturated heterocycles. The molecule has 3 aromatic carbocycles. The van der Waals surface area contributed by atoms with Gasteiger partial charge in [0.1, 0.15) is 18.1 Å². The summed E-state index contributed by atoms with van der Waals surface area (Å²) < 4.78 is 24.1. The molecule has 0 N–H and O–H groups in total. The van der Waals surface area contributed by atoms with Crippen LogP contribution in [0.25, 0.3) is 0 Å². The maximum atomic E-state index is 12.6. The van der Waals surface area contributed by atoms with Crippen LogP contribution >= 0.6 is 0 Å². The lowest BCUT2D eigenvalue weighted by atomic mass is 9.69. The maximum Gasteiger partial charge on any atom is 0.119 e. The molecule has 2 atom stereocenters. The van der Waals surface area contributed by atoms with Crippen LogP contribution in [0.1, 0.15) is 40.5 Å². The van der Waals surface area contributed by atoms with E-state index in [1.54, 1.807) is 7.11 Å². The lowest BCUT2D eigenvalue weighted by Crippen LogP contribution is -2.49. The van der Waals surface area contributed by atoms with Crippen molar-refractivity contribution in [1.82, 2.24) is 4.90 Å². The van der Waals surface area contributed by atoms with Crippen LogP contribution in [0, 0.1) is 5.92 Å². The van der Waals surface area contributed by atoms with E-state index in [-0.39, 0.29) is 12.6 Å². The summed E-state index contributed by atoms with van der Waals surface area (Å²) in [5, 5.41) is 0. The summed E-state index contributed by atoms with van der Waals surface area (Å²) in [6.45, 7) is 2.99. The molecule has 0 bridgehead atoms. The molecule has 3 aromatic rings. The van der Waals surface area contributed by atoms with Crippen LogP contribution in [0.3, 0.4) is 0 Å². The van der Waals surface area contributed by atoms with Crippen LogP contribution in [-0.2, 0) is 6.42 Å². The summed E-state index contributed by atoms with van der Waals surface area (Å²) in [5.41, 5.74) is 5.49. The quantitative estimate of drug-likeness (QED) is 0.435. The lowest BCUT2D eigenvalue weighted by Gasteiger charge is -2.37. The van der Waals surface area contributed by atoms with Gasteiger partial charge in [-0.1, -0.05) is 48.5 Å². The van der Waals surface area contributed by atoms with E-state index in [1.165, 1.54) is 22.3 Å². The molecular formula is C29H32FNO2. The molecule has 3 nitrogen and oxygen atoms in total. The van der Waals surface area contributed by atoms with Gasteiger partial charge in [0.2, 0.25) is 0 Å². The summed E-state index contributed by atoms with van der Waals surface area (Å²) in [6, 6.07) is 26.0.